The molecule has 6 nitrogen and oxygen atoms in total. The Labute approximate surface area is 120 Å². The van der Waals surface area contributed by atoms with Crippen LogP contribution >= 0.6 is 0 Å². The summed E-state index contributed by atoms with van der Waals surface area (Å²) in [5.74, 6) is -2.49. The molecule has 114 valence electrons. The van der Waals surface area contributed by atoms with E-state index >= 15 is 0 Å². The van der Waals surface area contributed by atoms with E-state index < -0.39 is 18.5 Å². The Kier molecular flexibility index (Phi) is 3.71. The Balaban J connectivity index is 1.54. The van der Waals surface area contributed by atoms with Crippen molar-refractivity contribution in [2.75, 3.05) is 25.0 Å². The van der Waals surface area contributed by atoms with Gasteiger partial charge in [-0.25, -0.2) is 18.7 Å². The molecule has 2 N–H and O–H groups in total. The van der Waals surface area contributed by atoms with Crippen LogP contribution in [0.4, 0.5) is 14.7 Å². The number of anilines is 1. The summed E-state index contributed by atoms with van der Waals surface area (Å²) in [6, 6.07) is 1.32. The second-order valence-electron chi connectivity index (χ2n) is 5.48. The standard InChI is InChI=1S/C13H17F2N5O/c14-13(15)2-5-20(8-13)11(21)10-6-9(7-18-10)19-12-16-3-1-4-17-12/h1,3-4,9-10,18H,2,5-8H2,(H,16,17,19)/t9-,10-/m0/s1. The van der Waals surface area contributed by atoms with E-state index in [0.717, 1.165) is 0 Å². The van der Waals surface area contributed by atoms with Crippen LogP contribution in [0.25, 0.3) is 0 Å². The van der Waals surface area contributed by atoms with Crippen LogP contribution in [-0.4, -0.2) is 58.4 Å². The maximum atomic E-state index is 13.2. The lowest BCUT2D eigenvalue weighted by Gasteiger charge is -2.20. The minimum absolute atomic E-state index is 0.0180. The molecule has 0 aromatic carbocycles. The molecule has 2 saturated heterocycles. The molecule has 3 rings (SSSR count). The molecule has 0 unspecified atom stereocenters. The fraction of sp³-hybridized carbons (Fsp3) is 0.615. The van der Waals surface area contributed by atoms with E-state index in [1.807, 2.05) is 0 Å². The number of alkyl halides is 2. The lowest BCUT2D eigenvalue weighted by molar-refractivity contribution is -0.133. The van der Waals surface area contributed by atoms with Crippen molar-refractivity contribution in [1.82, 2.24) is 20.2 Å². The summed E-state index contributed by atoms with van der Waals surface area (Å²) in [6.07, 6.45) is 3.56. The Morgan fingerprint density at radius 2 is 2.19 bits per heavy atom. The van der Waals surface area contributed by atoms with Crippen LogP contribution in [0.1, 0.15) is 12.8 Å². The number of hydrogen-bond acceptors (Lipinski definition) is 5. The number of halogens is 2. The van der Waals surface area contributed by atoms with Gasteiger partial charge in [0, 0.05) is 37.9 Å². The zero-order valence-electron chi connectivity index (χ0n) is 11.4. The number of carbonyl (C=O) groups is 1. The highest BCUT2D eigenvalue weighted by atomic mass is 19.3. The van der Waals surface area contributed by atoms with Gasteiger partial charge in [0.15, 0.2) is 0 Å². The number of nitrogens with zero attached hydrogens (tertiary/aromatic N) is 3. The maximum absolute atomic E-state index is 13.2. The van der Waals surface area contributed by atoms with Crippen molar-refractivity contribution >= 4 is 11.9 Å². The van der Waals surface area contributed by atoms with Crippen LogP contribution in [0.15, 0.2) is 18.5 Å². The van der Waals surface area contributed by atoms with Crippen molar-refractivity contribution in [3.05, 3.63) is 18.5 Å². The van der Waals surface area contributed by atoms with Gasteiger partial charge < -0.3 is 15.5 Å². The van der Waals surface area contributed by atoms with Crippen molar-refractivity contribution in [3.63, 3.8) is 0 Å². The number of aromatic nitrogens is 2. The predicted octanol–water partition coefficient (Wildman–Crippen LogP) is 0.487. The molecule has 2 aliphatic heterocycles. The van der Waals surface area contributed by atoms with Crippen LogP contribution in [0.3, 0.4) is 0 Å². The number of amides is 1. The fourth-order valence-corrected chi connectivity index (χ4v) is 2.73. The van der Waals surface area contributed by atoms with Gasteiger partial charge in [-0.1, -0.05) is 0 Å². The average Bonchev–Trinajstić information content (AvgIpc) is 3.06. The quantitative estimate of drug-likeness (QED) is 0.849. The maximum Gasteiger partial charge on any atom is 0.267 e. The second-order valence-corrected chi connectivity index (χ2v) is 5.48. The van der Waals surface area contributed by atoms with Gasteiger partial charge in [0.1, 0.15) is 0 Å². The minimum Gasteiger partial charge on any atom is -0.350 e. The summed E-state index contributed by atoms with van der Waals surface area (Å²) in [4.78, 5) is 21.6. The summed E-state index contributed by atoms with van der Waals surface area (Å²) in [6.45, 7) is 0.243. The van der Waals surface area contributed by atoms with Gasteiger partial charge >= 0.3 is 0 Å². The van der Waals surface area contributed by atoms with E-state index in [4.69, 9.17) is 0 Å². The van der Waals surface area contributed by atoms with Crippen LogP contribution in [0.5, 0.6) is 0 Å². The molecule has 3 heterocycles. The van der Waals surface area contributed by atoms with Gasteiger partial charge in [0.05, 0.1) is 12.6 Å². The zero-order chi connectivity index (χ0) is 14.9. The number of carbonyl (C=O) groups excluding carboxylic acids is 1. The Hall–Kier alpha value is -1.83. The molecule has 2 aliphatic rings. The van der Waals surface area contributed by atoms with E-state index in [9.17, 15) is 13.6 Å². The third-order valence-electron chi connectivity index (χ3n) is 3.81. The summed E-state index contributed by atoms with van der Waals surface area (Å²) < 4.78 is 26.3. The first-order valence-corrected chi connectivity index (χ1v) is 6.97. The molecule has 0 bridgehead atoms. The van der Waals surface area contributed by atoms with Gasteiger partial charge in [0.25, 0.3) is 5.92 Å². The van der Waals surface area contributed by atoms with Crippen molar-refractivity contribution in [1.29, 1.82) is 0 Å². The topological polar surface area (TPSA) is 70.1 Å². The number of likely N-dealkylation sites (tertiary alicyclic amines) is 1. The van der Waals surface area contributed by atoms with Crippen LogP contribution in [0, 0.1) is 0 Å². The largest absolute Gasteiger partial charge is 0.350 e. The van der Waals surface area contributed by atoms with Crippen molar-refractivity contribution < 1.29 is 13.6 Å². The van der Waals surface area contributed by atoms with Crippen molar-refractivity contribution in [3.8, 4) is 0 Å². The summed E-state index contributed by atoms with van der Waals surface area (Å²) in [5, 5.41) is 6.21. The SMILES string of the molecule is O=C([C@@H]1C[C@H](Nc2ncccn2)CN1)N1CCC(F)(F)C1. The number of rotatable bonds is 3. The smallest absolute Gasteiger partial charge is 0.267 e. The van der Waals surface area contributed by atoms with Crippen molar-refractivity contribution in [2.45, 2.75) is 30.8 Å². The Morgan fingerprint density at radius 3 is 2.86 bits per heavy atom. The van der Waals surface area contributed by atoms with E-state index in [2.05, 4.69) is 20.6 Å². The summed E-state index contributed by atoms with van der Waals surface area (Å²) in [5.41, 5.74) is 0. The van der Waals surface area contributed by atoms with Crippen LogP contribution in [-0.2, 0) is 4.79 Å². The first-order valence-electron chi connectivity index (χ1n) is 6.97. The molecular formula is C13H17F2N5O. The van der Waals surface area contributed by atoms with E-state index in [-0.39, 0.29) is 24.9 Å². The molecule has 0 spiro atoms. The lowest BCUT2D eigenvalue weighted by atomic mass is 10.1. The van der Waals surface area contributed by atoms with Crippen molar-refractivity contribution in [2.24, 2.45) is 0 Å². The predicted molar refractivity (Wildman–Crippen MR) is 72.0 cm³/mol. The second kappa shape index (κ2) is 5.51. The summed E-state index contributed by atoms with van der Waals surface area (Å²) in [7, 11) is 0. The lowest BCUT2D eigenvalue weighted by Crippen LogP contribution is -2.43. The number of nitrogens with one attached hydrogen (secondary N) is 2. The minimum atomic E-state index is -2.75. The molecule has 2 atom stereocenters. The Morgan fingerprint density at radius 1 is 1.43 bits per heavy atom. The van der Waals surface area contributed by atoms with Gasteiger partial charge in [-0.3, -0.25) is 4.79 Å². The highest BCUT2D eigenvalue weighted by Crippen LogP contribution is 2.28. The van der Waals surface area contributed by atoms with Crippen LogP contribution in [0.2, 0.25) is 0 Å². The molecule has 0 saturated carbocycles. The highest BCUT2D eigenvalue weighted by molar-refractivity contribution is 5.82. The molecule has 1 amide bonds. The van der Waals surface area contributed by atoms with E-state index in [1.165, 1.54) is 4.90 Å². The monoisotopic (exact) mass is 297 g/mol. The Bertz CT molecular complexity index is 513. The van der Waals surface area contributed by atoms with Crippen LogP contribution < -0.4 is 10.6 Å². The van der Waals surface area contributed by atoms with Gasteiger partial charge in [-0.2, -0.15) is 0 Å². The first kappa shape index (κ1) is 14.1. The summed E-state index contributed by atoms with van der Waals surface area (Å²) >= 11 is 0. The molecule has 1 aromatic rings. The van der Waals surface area contributed by atoms with Gasteiger partial charge in [-0.15, -0.1) is 0 Å². The number of hydrogen-bond donors (Lipinski definition) is 2. The van der Waals surface area contributed by atoms with Gasteiger partial charge in [0.2, 0.25) is 11.9 Å². The normalized spacial score (nSPS) is 27.8. The highest BCUT2D eigenvalue weighted by Gasteiger charge is 2.43. The molecule has 0 aliphatic carbocycles. The van der Waals surface area contributed by atoms with Gasteiger partial charge in [-0.05, 0) is 12.5 Å². The van der Waals surface area contributed by atoms with E-state index in [1.54, 1.807) is 18.5 Å². The average molecular weight is 297 g/mol. The molecule has 21 heavy (non-hydrogen) atoms. The third kappa shape index (κ3) is 3.26. The molecule has 8 heteroatoms. The first-order chi connectivity index (χ1) is 10.0. The molecule has 1 aromatic heterocycles. The molecular weight excluding hydrogens is 280 g/mol. The molecule has 2 fully saturated rings. The fourth-order valence-electron chi connectivity index (χ4n) is 2.73. The molecule has 0 radical (unpaired) electrons. The zero-order valence-corrected chi connectivity index (χ0v) is 11.4. The van der Waals surface area contributed by atoms with E-state index in [0.29, 0.717) is 18.9 Å². The third-order valence-corrected chi connectivity index (χ3v) is 3.81.